The number of nitrogens with zero attached hydrogens (tertiary/aromatic N) is 4. The predicted octanol–water partition coefficient (Wildman–Crippen LogP) is 0.439. The number of carbonyl (C=O) groups is 4. The topological polar surface area (TPSA) is 159 Å². The smallest absolute Gasteiger partial charge is 0.436 e. The Bertz CT molecular complexity index is 992. The van der Waals surface area contributed by atoms with Crippen LogP contribution >= 0.6 is 0 Å². The van der Waals surface area contributed by atoms with E-state index in [1.807, 2.05) is 14.0 Å². The molecule has 2 fully saturated rings. The zero-order valence-corrected chi connectivity index (χ0v) is 21.3. The van der Waals surface area contributed by atoms with Gasteiger partial charge in [-0.25, -0.2) is 9.59 Å². The van der Waals surface area contributed by atoms with Crippen LogP contribution in [0.15, 0.2) is 29.4 Å². The maximum absolute atomic E-state index is 12.8. The van der Waals surface area contributed by atoms with Crippen LogP contribution in [0.25, 0.3) is 0 Å². The molecule has 0 radical (unpaired) electrons. The van der Waals surface area contributed by atoms with E-state index in [1.54, 1.807) is 34.1 Å². The SMILES string of the molecule is CCCOC(=O)CCNC(=O)NC1CCN(c2ccc(C(N)=NOC(=O)N3CCN(C)CC3)cc2)C1=O. The van der Waals surface area contributed by atoms with Crippen LogP contribution in [0.3, 0.4) is 0 Å². The number of ether oxygens (including phenoxy) is 1. The van der Waals surface area contributed by atoms with Gasteiger partial charge in [0.25, 0.3) is 0 Å². The Labute approximate surface area is 215 Å². The van der Waals surface area contributed by atoms with E-state index < -0.39 is 18.2 Å². The number of nitrogens with one attached hydrogen (secondary N) is 2. The summed E-state index contributed by atoms with van der Waals surface area (Å²) in [6.45, 7) is 5.45. The van der Waals surface area contributed by atoms with Gasteiger partial charge in [0.05, 0.1) is 13.0 Å². The van der Waals surface area contributed by atoms with E-state index in [2.05, 4.69) is 20.7 Å². The summed E-state index contributed by atoms with van der Waals surface area (Å²) in [5.74, 6) is -0.586. The fraction of sp³-hybridized carbons (Fsp3) is 0.542. The molecule has 37 heavy (non-hydrogen) atoms. The molecule has 2 heterocycles. The van der Waals surface area contributed by atoms with Crippen molar-refractivity contribution in [2.45, 2.75) is 32.2 Å². The lowest BCUT2D eigenvalue weighted by atomic mass is 10.2. The largest absolute Gasteiger partial charge is 0.466 e. The van der Waals surface area contributed by atoms with Gasteiger partial charge in [0.15, 0.2) is 5.84 Å². The number of hydrogen-bond acceptors (Lipinski definition) is 8. The molecule has 0 aliphatic carbocycles. The molecule has 13 nitrogen and oxygen atoms in total. The van der Waals surface area contributed by atoms with Crippen molar-refractivity contribution in [3.05, 3.63) is 29.8 Å². The van der Waals surface area contributed by atoms with Gasteiger partial charge in [-0.05, 0) is 44.2 Å². The van der Waals surface area contributed by atoms with Crippen molar-refractivity contribution in [1.29, 1.82) is 0 Å². The molecule has 4 amide bonds. The van der Waals surface area contributed by atoms with Crippen molar-refractivity contribution in [2.24, 2.45) is 10.9 Å². The zero-order chi connectivity index (χ0) is 26.8. The van der Waals surface area contributed by atoms with E-state index in [9.17, 15) is 19.2 Å². The minimum atomic E-state index is -0.674. The van der Waals surface area contributed by atoms with Crippen LogP contribution in [0.5, 0.6) is 0 Å². The van der Waals surface area contributed by atoms with E-state index in [-0.39, 0.29) is 30.7 Å². The van der Waals surface area contributed by atoms with Crippen LogP contribution < -0.4 is 21.3 Å². The van der Waals surface area contributed by atoms with Crippen LogP contribution in [-0.2, 0) is 19.2 Å². The number of anilines is 1. The lowest BCUT2D eigenvalue weighted by molar-refractivity contribution is -0.143. The minimum Gasteiger partial charge on any atom is -0.466 e. The molecule has 1 aromatic carbocycles. The van der Waals surface area contributed by atoms with Gasteiger partial charge < -0.3 is 35.8 Å². The zero-order valence-electron chi connectivity index (χ0n) is 21.3. The number of hydrogen-bond donors (Lipinski definition) is 3. The van der Waals surface area contributed by atoms with Crippen LogP contribution in [0, 0.1) is 0 Å². The molecule has 202 valence electrons. The minimum absolute atomic E-state index is 0.0385. The normalized spacial score (nSPS) is 18.5. The van der Waals surface area contributed by atoms with Crippen molar-refractivity contribution >= 4 is 35.5 Å². The maximum Gasteiger partial charge on any atom is 0.436 e. The van der Waals surface area contributed by atoms with Gasteiger partial charge in [-0.1, -0.05) is 12.1 Å². The Hall–Kier alpha value is -3.87. The number of urea groups is 1. The molecule has 1 atom stereocenters. The summed E-state index contributed by atoms with van der Waals surface area (Å²) >= 11 is 0. The van der Waals surface area contributed by atoms with Gasteiger partial charge in [0.1, 0.15) is 6.04 Å². The van der Waals surface area contributed by atoms with E-state index in [1.165, 1.54) is 0 Å². The molecule has 0 aromatic heterocycles. The van der Waals surface area contributed by atoms with Crippen molar-refractivity contribution in [3.8, 4) is 0 Å². The van der Waals surface area contributed by atoms with E-state index in [0.29, 0.717) is 43.9 Å². The number of nitrogens with two attached hydrogens (primary N) is 1. The molecule has 1 unspecified atom stereocenters. The Balaban J connectivity index is 1.45. The monoisotopic (exact) mass is 517 g/mol. The number of esters is 1. The third-order valence-electron chi connectivity index (χ3n) is 6.05. The predicted molar refractivity (Wildman–Crippen MR) is 136 cm³/mol. The first-order valence-corrected chi connectivity index (χ1v) is 12.4. The highest BCUT2D eigenvalue weighted by molar-refractivity contribution is 6.02. The van der Waals surface area contributed by atoms with E-state index in [4.69, 9.17) is 15.3 Å². The summed E-state index contributed by atoms with van der Waals surface area (Å²) in [4.78, 5) is 58.8. The van der Waals surface area contributed by atoms with Crippen molar-refractivity contribution in [2.75, 3.05) is 57.8 Å². The Morgan fingerprint density at radius 2 is 1.81 bits per heavy atom. The summed E-state index contributed by atoms with van der Waals surface area (Å²) < 4.78 is 4.95. The molecule has 0 bridgehead atoms. The molecule has 0 saturated carbocycles. The molecule has 1 aromatic rings. The third-order valence-corrected chi connectivity index (χ3v) is 6.05. The first-order chi connectivity index (χ1) is 17.8. The molecule has 2 aliphatic rings. The maximum atomic E-state index is 12.8. The number of rotatable bonds is 9. The average molecular weight is 518 g/mol. The first-order valence-electron chi connectivity index (χ1n) is 12.4. The number of piperazine rings is 1. The van der Waals surface area contributed by atoms with Gasteiger partial charge in [-0.3, -0.25) is 14.4 Å². The van der Waals surface area contributed by atoms with Crippen LogP contribution in [0.2, 0.25) is 0 Å². The summed E-state index contributed by atoms with van der Waals surface area (Å²) in [6, 6.07) is 5.58. The van der Waals surface area contributed by atoms with E-state index in [0.717, 1.165) is 19.5 Å². The fourth-order valence-electron chi connectivity index (χ4n) is 3.85. The number of amidine groups is 1. The number of amides is 4. The lowest BCUT2D eigenvalue weighted by Gasteiger charge is -2.30. The second kappa shape index (κ2) is 13.4. The fourth-order valence-corrected chi connectivity index (χ4v) is 3.85. The summed E-state index contributed by atoms with van der Waals surface area (Å²) in [7, 11) is 1.99. The Morgan fingerprint density at radius 1 is 1.11 bits per heavy atom. The van der Waals surface area contributed by atoms with Crippen LogP contribution in [0.4, 0.5) is 15.3 Å². The molecule has 2 saturated heterocycles. The quantitative estimate of drug-likeness (QED) is 0.140. The Kier molecular flexibility index (Phi) is 10.1. The molecule has 0 spiro atoms. The van der Waals surface area contributed by atoms with Crippen molar-refractivity contribution < 1.29 is 28.8 Å². The summed E-state index contributed by atoms with van der Waals surface area (Å²) in [6.07, 6.45) is 0.690. The third kappa shape index (κ3) is 8.07. The highest BCUT2D eigenvalue weighted by Crippen LogP contribution is 2.22. The Morgan fingerprint density at radius 3 is 2.49 bits per heavy atom. The van der Waals surface area contributed by atoms with Crippen LogP contribution in [-0.4, -0.2) is 98.6 Å². The molecule has 4 N–H and O–H groups in total. The van der Waals surface area contributed by atoms with Gasteiger partial charge in [0, 0.05) is 50.5 Å². The highest BCUT2D eigenvalue weighted by Gasteiger charge is 2.33. The second-order valence-electron chi connectivity index (χ2n) is 8.87. The number of likely N-dealkylation sites (N-methyl/N-ethyl adjacent to an activating group) is 1. The van der Waals surface area contributed by atoms with Crippen molar-refractivity contribution in [1.82, 2.24) is 20.4 Å². The molecule has 3 rings (SSSR count). The van der Waals surface area contributed by atoms with Gasteiger partial charge >= 0.3 is 18.1 Å². The van der Waals surface area contributed by atoms with Gasteiger partial charge in [-0.2, -0.15) is 0 Å². The molecular formula is C24H35N7O6. The number of carbonyl (C=O) groups excluding carboxylic acids is 4. The lowest BCUT2D eigenvalue weighted by Crippen LogP contribution is -2.47. The standard InChI is InChI=1S/C24H35N7O6/c1-3-16-36-20(32)8-10-26-23(34)27-19-9-11-31(22(19)33)18-6-4-17(5-7-18)21(25)28-37-24(35)30-14-12-29(2)13-15-30/h4-7,19H,3,8-16H2,1-2H3,(H2,25,28)(H2,26,27,34). The summed E-state index contributed by atoms with van der Waals surface area (Å²) in [5, 5.41) is 8.96. The van der Waals surface area contributed by atoms with Crippen LogP contribution in [0.1, 0.15) is 31.7 Å². The molecule has 2 aliphatic heterocycles. The number of benzene rings is 1. The van der Waals surface area contributed by atoms with E-state index >= 15 is 0 Å². The second-order valence-corrected chi connectivity index (χ2v) is 8.87. The molecular weight excluding hydrogens is 482 g/mol. The first kappa shape index (κ1) is 27.7. The highest BCUT2D eigenvalue weighted by atomic mass is 16.7. The van der Waals surface area contributed by atoms with Gasteiger partial charge in [-0.15, -0.1) is 0 Å². The average Bonchev–Trinajstić information content (AvgIpc) is 3.25. The summed E-state index contributed by atoms with van der Waals surface area (Å²) in [5.41, 5.74) is 7.14. The van der Waals surface area contributed by atoms with Crippen molar-refractivity contribution in [3.63, 3.8) is 0 Å². The number of oxime groups is 1. The van der Waals surface area contributed by atoms with Gasteiger partial charge in [0.2, 0.25) is 5.91 Å². The molecule has 13 heteroatoms.